The molecule has 1 N–H and O–H groups in total. The van der Waals surface area contributed by atoms with Crippen LogP contribution in [-0.4, -0.2) is 41.8 Å². The molecule has 3 aromatic heterocycles. The number of aryl methyl sites for hydroxylation is 2. The number of halogens is 2. The van der Waals surface area contributed by atoms with Gasteiger partial charge in [0.15, 0.2) is 16.8 Å². The number of anilines is 1. The van der Waals surface area contributed by atoms with Crippen molar-refractivity contribution in [2.45, 2.75) is 37.6 Å². The molecule has 14 heteroatoms. The second-order valence-corrected chi connectivity index (χ2v) is 13.6. The molecule has 0 bridgehead atoms. The van der Waals surface area contributed by atoms with Crippen LogP contribution in [0.1, 0.15) is 36.2 Å². The third-order valence-electron chi connectivity index (χ3n) is 8.01. The molecule has 0 aliphatic carbocycles. The molecule has 1 saturated heterocycles. The Bertz CT molecular complexity index is 2170. The molecule has 4 heterocycles. The predicted octanol–water partition coefficient (Wildman–Crippen LogP) is 6.88. The Labute approximate surface area is 267 Å². The number of imidazole rings is 1. The minimum atomic E-state index is -3.58. The van der Waals surface area contributed by atoms with Crippen molar-refractivity contribution in [3.63, 3.8) is 0 Å². The van der Waals surface area contributed by atoms with Gasteiger partial charge >= 0.3 is 0 Å². The molecule has 1 aliphatic heterocycles. The number of fused-ring (bicyclic) bond motifs is 1. The lowest BCUT2D eigenvalue weighted by molar-refractivity contribution is 0.0454. The van der Waals surface area contributed by atoms with E-state index in [4.69, 9.17) is 19.3 Å². The van der Waals surface area contributed by atoms with Crippen molar-refractivity contribution in [2.75, 3.05) is 18.7 Å². The standard InChI is InChI=1S/C32H28F2N6O4S2/c1-18-30(19(2)44-38-18)21-8-13-28-26(15-21)36-31(29-5-4-14-43-40(29)22-9-12-24(33)25(34)16-22)39(28)32-37-27(17-45-32)20-6-10-23(11-7-20)46(41,42)35-3/h6-13,15-17,29,35H,4-5,14H2,1-3H3. The predicted molar refractivity (Wildman–Crippen MR) is 170 cm³/mol. The molecule has 10 nitrogen and oxygen atoms in total. The number of aromatic nitrogens is 4. The summed E-state index contributed by atoms with van der Waals surface area (Å²) in [6, 6.07) is 15.7. The molecule has 7 rings (SSSR count). The quantitative estimate of drug-likeness (QED) is 0.197. The van der Waals surface area contributed by atoms with Gasteiger partial charge in [0.1, 0.15) is 17.6 Å². The second kappa shape index (κ2) is 11.7. The monoisotopic (exact) mass is 662 g/mol. The second-order valence-electron chi connectivity index (χ2n) is 10.9. The zero-order chi connectivity index (χ0) is 32.2. The zero-order valence-corrected chi connectivity index (χ0v) is 26.6. The van der Waals surface area contributed by atoms with E-state index in [1.807, 2.05) is 42.0 Å². The van der Waals surface area contributed by atoms with E-state index in [2.05, 4.69) is 9.88 Å². The van der Waals surface area contributed by atoms with Crippen molar-refractivity contribution in [3.8, 4) is 27.5 Å². The van der Waals surface area contributed by atoms with Gasteiger partial charge in [0, 0.05) is 22.6 Å². The van der Waals surface area contributed by atoms with E-state index < -0.39 is 27.7 Å². The van der Waals surface area contributed by atoms with Crippen LogP contribution in [0.3, 0.4) is 0 Å². The highest BCUT2D eigenvalue weighted by Gasteiger charge is 2.32. The average Bonchev–Trinajstić information content (AvgIpc) is 3.78. The molecule has 0 saturated carbocycles. The summed E-state index contributed by atoms with van der Waals surface area (Å²) >= 11 is 1.41. The van der Waals surface area contributed by atoms with Gasteiger partial charge in [-0.2, -0.15) is 0 Å². The first kappa shape index (κ1) is 30.2. The van der Waals surface area contributed by atoms with E-state index in [-0.39, 0.29) is 4.90 Å². The van der Waals surface area contributed by atoms with Crippen LogP contribution in [0.25, 0.3) is 38.5 Å². The molecule has 1 atom stereocenters. The van der Waals surface area contributed by atoms with Gasteiger partial charge in [0.05, 0.1) is 39.6 Å². The molecule has 0 amide bonds. The van der Waals surface area contributed by atoms with Crippen molar-refractivity contribution >= 4 is 38.1 Å². The molecule has 1 fully saturated rings. The highest BCUT2D eigenvalue weighted by Crippen LogP contribution is 2.39. The first-order valence-electron chi connectivity index (χ1n) is 14.5. The van der Waals surface area contributed by atoms with E-state index in [1.165, 1.54) is 36.6 Å². The Balaban J connectivity index is 1.37. The van der Waals surface area contributed by atoms with Crippen LogP contribution >= 0.6 is 11.3 Å². The maximum absolute atomic E-state index is 14.4. The number of hydroxylamine groups is 1. The third kappa shape index (κ3) is 5.26. The number of nitrogens with one attached hydrogen (secondary N) is 1. The summed E-state index contributed by atoms with van der Waals surface area (Å²) in [6.07, 6.45) is 1.36. The molecular formula is C32H28F2N6O4S2. The third-order valence-corrected chi connectivity index (χ3v) is 10.3. The number of benzene rings is 3. The van der Waals surface area contributed by atoms with E-state index in [9.17, 15) is 17.2 Å². The van der Waals surface area contributed by atoms with Gasteiger partial charge in [0.2, 0.25) is 10.0 Å². The summed E-state index contributed by atoms with van der Waals surface area (Å²) in [6.45, 7) is 4.16. The fourth-order valence-electron chi connectivity index (χ4n) is 5.75. The first-order chi connectivity index (χ1) is 22.1. The minimum absolute atomic E-state index is 0.154. The van der Waals surface area contributed by atoms with Gasteiger partial charge in [-0.25, -0.2) is 37.0 Å². The number of rotatable bonds is 7. The summed E-state index contributed by atoms with van der Waals surface area (Å²) in [4.78, 5) is 16.3. The number of sulfonamides is 1. The van der Waals surface area contributed by atoms with Crippen molar-refractivity contribution in [2.24, 2.45) is 0 Å². The lowest BCUT2D eigenvalue weighted by atomic mass is 10.0. The maximum Gasteiger partial charge on any atom is 0.240 e. The Kier molecular flexibility index (Phi) is 7.67. The van der Waals surface area contributed by atoms with Crippen molar-refractivity contribution < 1.29 is 26.6 Å². The molecule has 1 unspecified atom stereocenters. The largest absolute Gasteiger partial charge is 0.361 e. The lowest BCUT2D eigenvalue weighted by Gasteiger charge is -2.35. The fourth-order valence-corrected chi connectivity index (χ4v) is 7.34. The van der Waals surface area contributed by atoms with Crippen molar-refractivity contribution in [1.82, 2.24) is 24.4 Å². The highest BCUT2D eigenvalue weighted by molar-refractivity contribution is 7.89. The van der Waals surface area contributed by atoms with Crippen molar-refractivity contribution in [1.29, 1.82) is 0 Å². The fraction of sp³-hybridized carbons (Fsp3) is 0.219. The minimum Gasteiger partial charge on any atom is -0.361 e. The summed E-state index contributed by atoms with van der Waals surface area (Å²) in [7, 11) is -2.21. The summed E-state index contributed by atoms with van der Waals surface area (Å²) in [5.74, 6) is -0.601. The van der Waals surface area contributed by atoms with Gasteiger partial charge in [-0.3, -0.25) is 9.40 Å². The number of nitrogens with zero attached hydrogens (tertiary/aromatic N) is 5. The molecule has 0 spiro atoms. The Morgan fingerprint density at radius 2 is 1.76 bits per heavy atom. The van der Waals surface area contributed by atoms with Crippen LogP contribution in [0.4, 0.5) is 14.5 Å². The number of hydrogen-bond donors (Lipinski definition) is 1. The van der Waals surface area contributed by atoms with E-state index >= 15 is 0 Å². The summed E-state index contributed by atoms with van der Waals surface area (Å²) < 4.78 is 62.4. The Morgan fingerprint density at radius 1 is 0.978 bits per heavy atom. The summed E-state index contributed by atoms with van der Waals surface area (Å²) in [5, 5.41) is 8.22. The number of hydrogen-bond acceptors (Lipinski definition) is 9. The average molecular weight is 663 g/mol. The zero-order valence-electron chi connectivity index (χ0n) is 25.0. The highest BCUT2D eigenvalue weighted by atomic mass is 32.2. The Morgan fingerprint density at radius 3 is 2.48 bits per heavy atom. The molecule has 46 heavy (non-hydrogen) atoms. The van der Waals surface area contributed by atoms with E-state index in [0.717, 1.165) is 46.5 Å². The van der Waals surface area contributed by atoms with Gasteiger partial charge in [-0.05, 0) is 75.7 Å². The maximum atomic E-state index is 14.4. The van der Waals surface area contributed by atoms with Gasteiger partial charge in [-0.1, -0.05) is 23.4 Å². The van der Waals surface area contributed by atoms with Gasteiger partial charge < -0.3 is 4.52 Å². The summed E-state index contributed by atoms with van der Waals surface area (Å²) in [5.41, 5.74) is 5.81. The lowest BCUT2D eigenvalue weighted by Crippen LogP contribution is -2.35. The van der Waals surface area contributed by atoms with Crippen molar-refractivity contribution in [3.05, 3.63) is 95.0 Å². The van der Waals surface area contributed by atoms with Crippen LogP contribution < -0.4 is 9.79 Å². The topological polar surface area (TPSA) is 115 Å². The van der Waals surface area contributed by atoms with E-state index in [1.54, 1.807) is 17.2 Å². The molecule has 236 valence electrons. The van der Waals surface area contributed by atoms with Crippen LogP contribution in [0.2, 0.25) is 0 Å². The molecule has 3 aromatic carbocycles. The van der Waals surface area contributed by atoms with Crippen LogP contribution in [0.5, 0.6) is 0 Å². The number of thiazole rings is 1. The first-order valence-corrected chi connectivity index (χ1v) is 16.8. The molecular weight excluding hydrogens is 635 g/mol. The normalized spacial score (nSPS) is 15.6. The van der Waals surface area contributed by atoms with Gasteiger partial charge in [-0.15, -0.1) is 11.3 Å². The Hall–Kier alpha value is -4.50. The van der Waals surface area contributed by atoms with Crippen LogP contribution in [0, 0.1) is 25.5 Å². The van der Waals surface area contributed by atoms with Crippen LogP contribution in [0.15, 0.2) is 75.5 Å². The van der Waals surface area contributed by atoms with Crippen LogP contribution in [-0.2, 0) is 14.9 Å². The van der Waals surface area contributed by atoms with Gasteiger partial charge in [0.25, 0.3) is 0 Å². The SMILES string of the molecule is CNS(=O)(=O)c1ccc(-c2csc(-n3c(C4CCCON4c4ccc(F)c(F)c4)nc4cc(-c5c(C)noc5C)ccc43)n2)cc1. The molecule has 0 radical (unpaired) electrons. The molecule has 1 aliphatic rings. The van der Waals surface area contributed by atoms with E-state index in [0.29, 0.717) is 46.6 Å². The molecule has 6 aromatic rings. The smallest absolute Gasteiger partial charge is 0.240 e.